The Morgan fingerprint density at radius 3 is 2.85 bits per heavy atom. The highest BCUT2D eigenvalue weighted by Gasteiger charge is 2.24. The van der Waals surface area contributed by atoms with E-state index in [0.29, 0.717) is 0 Å². The molecule has 0 spiro atoms. The molecule has 0 amide bonds. The van der Waals surface area contributed by atoms with Crippen molar-refractivity contribution < 1.29 is 12.8 Å². The van der Waals surface area contributed by atoms with Gasteiger partial charge in [-0.25, -0.2) is 17.5 Å². The second kappa shape index (κ2) is 5.61. The van der Waals surface area contributed by atoms with Crippen LogP contribution in [-0.4, -0.2) is 29.0 Å². The number of nitrogens with one attached hydrogen (secondary N) is 2. The second-order valence-corrected chi connectivity index (χ2v) is 5.72. The van der Waals surface area contributed by atoms with Gasteiger partial charge in [-0.15, -0.1) is 10.2 Å². The summed E-state index contributed by atoms with van der Waals surface area (Å²) in [6.07, 6.45) is 0. The number of hydrogen-bond acceptors (Lipinski definition) is 6. The maximum atomic E-state index is 13.6. The highest BCUT2D eigenvalue weighted by Crippen LogP contribution is 2.20. The van der Waals surface area contributed by atoms with Gasteiger partial charge in [0, 0.05) is 12.1 Å². The van der Waals surface area contributed by atoms with Gasteiger partial charge in [0.2, 0.25) is 10.0 Å². The molecule has 0 saturated heterocycles. The van der Waals surface area contributed by atoms with Gasteiger partial charge in [-0.05, 0) is 19.1 Å². The van der Waals surface area contributed by atoms with Gasteiger partial charge in [0.15, 0.2) is 5.82 Å². The smallest absolute Gasteiger partial charge is 0.241 e. The molecule has 0 saturated carbocycles. The summed E-state index contributed by atoms with van der Waals surface area (Å²) in [6.45, 7) is 1.32. The number of rotatable bonds is 5. The first-order valence-electron chi connectivity index (χ1n) is 5.69. The fourth-order valence-corrected chi connectivity index (χ4v) is 3.15. The van der Waals surface area contributed by atoms with Crippen molar-refractivity contribution in [1.29, 1.82) is 0 Å². The van der Waals surface area contributed by atoms with Crippen LogP contribution < -0.4 is 10.5 Å². The summed E-state index contributed by atoms with van der Waals surface area (Å²) in [6, 6.07) is 3.04. The first-order chi connectivity index (χ1) is 9.45. The minimum atomic E-state index is -3.94. The molecule has 108 valence electrons. The van der Waals surface area contributed by atoms with Crippen LogP contribution in [0.25, 0.3) is 0 Å². The predicted octanol–water partition coefficient (Wildman–Crippen LogP) is -0.163. The SMILES string of the molecule is CC(NS(=O)(=O)c1cccc(F)c1CN)c1nn[nH]n1. The molecule has 1 atom stereocenters. The van der Waals surface area contributed by atoms with Crippen molar-refractivity contribution in [1.82, 2.24) is 25.3 Å². The number of tetrazole rings is 1. The standard InChI is InChI=1S/C10H13FN6O2S/c1-6(10-13-16-17-14-10)15-20(18,19)9-4-2-3-8(11)7(9)5-12/h2-4,6,15H,5,12H2,1H3,(H,13,14,16,17). The third-order valence-corrected chi connectivity index (χ3v) is 4.28. The zero-order valence-electron chi connectivity index (χ0n) is 10.5. The number of nitrogens with zero attached hydrogens (tertiary/aromatic N) is 3. The Labute approximate surface area is 114 Å². The monoisotopic (exact) mass is 300 g/mol. The number of halogens is 1. The normalized spacial score (nSPS) is 13.3. The fourth-order valence-electron chi connectivity index (χ4n) is 1.69. The molecule has 2 aromatic rings. The van der Waals surface area contributed by atoms with Crippen molar-refractivity contribution in [2.75, 3.05) is 0 Å². The first kappa shape index (κ1) is 14.5. The zero-order valence-corrected chi connectivity index (χ0v) is 11.4. The molecule has 1 unspecified atom stereocenters. The lowest BCUT2D eigenvalue weighted by Crippen LogP contribution is -2.29. The van der Waals surface area contributed by atoms with E-state index in [9.17, 15) is 12.8 Å². The number of aromatic amines is 1. The molecule has 0 bridgehead atoms. The van der Waals surface area contributed by atoms with Crippen molar-refractivity contribution in [2.45, 2.75) is 24.4 Å². The highest BCUT2D eigenvalue weighted by atomic mass is 32.2. The summed E-state index contributed by atoms with van der Waals surface area (Å²) >= 11 is 0. The Morgan fingerprint density at radius 1 is 1.50 bits per heavy atom. The van der Waals surface area contributed by atoms with Crippen molar-refractivity contribution in [2.24, 2.45) is 5.73 Å². The Hall–Kier alpha value is -1.91. The van der Waals surface area contributed by atoms with Crippen LogP contribution in [0.15, 0.2) is 23.1 Å². The maximum absolute atomic E-state index is 13.6. The summed E-state index contributed by atoms with van der Waals surface area (Å²) in [4.78, 5) is -0.199. The van der Waals surface area contributed by atoms with Gasteiger partial charge >= 0.3 is 0 Å². The van der Waals surface area contributed by atoms with Crippen LogP contribution in [0.4, 0.5) is 4.39 Å². The van der Waals surface area contributed by atoms with E-state index in [1.807, 2.05) is 0 Å². The Balaban J connectivity index is 2.34. The number of aromatic nitrogens is 4. The number of nitrogens with two attached hydrogens (primary N) is 1. The van der Waals surface area contributed by atoms with Crippen molar-refractivity contribution in [3.05, 3.63) is 35.4 Å². The predicted molar refractivity (Wildman–Crippen MR) is 67.2 cm³/mol. The van der Waals surface area contributed by atoms with Crippen molar-refractivity contribution >= 4 is 10.0 Å². The average Bonchev–Trinajstić information content (AvgIpc) is 2.91. The number of H-pyrrole nitrogens is 1. The molecular formula is C10H13FN6O2S. The van der Waals surface area contributed by atoms with E-state index >= 15 is 0 Å². The molecule has 0 aliphatic heterocycles. The summed E-state index contributed by atoms with van der Waals surface area (Å²) in [5.41, 5.74) is 5.33. The third-order valence-electron chi connectivity index (χ3n) is 2.65. The molecule has 4 N–H and O–H groups in total. The molecule has 2 rings (SSSR count). The van der Waals surface area contributed by atoms with E-state index in [1.54, 1.807) is 6.92 Å². The molecule has 0 radical (unpaired) electrons. The van der Waals surface area contributed by atoms with Gasteiger partial charge in [-0.3, -0.25) is 0 Å². The molecular weight excluding hydrogens is 287 g/mol. The van der Waals surface area contributed by atoms with Crippen LogP contribution in [0, 0.1) is 5.82 Å². The van der Waals surface area contributed by atoms with Crippen LogP contribution in [0.3, 0.4) is 0 Å². The quantitative estimate of drug-likeness (QED) is 0.704. The Bertz CT molecular complexity index is 688. The molecule has 20 heavy (non-hydrogen) atoms. The molecule has 0 aliphatic rings. The summed E-state index contributed by atoms with van der Waals surface area (Å²) in [5.74, 6) is -0.484. The summed E-state index contributed by atoms with van der Waals surface area (Å²) in [5, 5.41) is 12.9. The molecule has 0 fully saturated rings. The summed E-state index contributed by atoms with van der Waals surface area (Å²) < 4.78 is 40.4. The van der Waals surface area contributed by atoms with Crippen LogP contribution >= 0.6 is 0 Å². The van der Waals surface area contributed by atoms with E-state index in [4.69, 9.17) is 5.73 Å². The van der Waals surface area contributed by atoms with Crippen LogP contribution in [0.2, 0.25) is 0 Å². The number of benzene rings is 1. The van der Waals surface area contributed by atoms with Gasteiger partial charge in [-0.1, -0.05) is 11.3 Å². The molecule has 1 aromatic carbocycles. The average molecular weight is 300 g/mol. The minimum absolute atomic E-state index is 0.0692. The molecule has 8 nitrogen and oxygen atoms in total. The zero-order chi connectivity index (χ0) is 14.8. The molecule has 1 aromatic heterocycles. The van der Waals surface area contributed by atoms with Crippen molar-refractivity contribution in [3.8, 4) is 0 Å². The van der Waals surface area contributed by atoms with Gasteiger partial charge in [0.25, 0.3) is 0 Å². The molecule has 0 aliphatic carbocycles. The van der Waals surface area contributed by atoms with E-state index in [1.165, 1.54) is 12.1 Å². The minimum Gasteiger partial charge on any atom is -0.326 e. The summed E-state index contributed by atoms with van der Waals surface area (Å²) in [7, 11) is -3.94. The lowest BCUT2D eigenvalue weighted by Gasteiger charge is -2.13. The van der Waals surface area contributed by atoms with E-state index in [-0.39, 0.29) is 22.8 Å². The first-order valence-corrected chi connectivity index (χ1v) is 7.17. The maximum Gasteiger partial charge on any atom is 0.241 e. The van der Waals surface area contributed by atoms with Crippen molar-refractivity contribution in [3.63, 3.8) is 0 Å². The van der Waals surface area contributed by atoms with Gasteiger partial charge in [0.1, 0.15) is 5.82 Å². The third kappa shape index (κ3) is 2.81. The van der Waals surface area contributed by atoms with Crippen LogP contribution in [0.5, 0.6) is 0 Å². The van der Waals surface area contributed by atoms with Gasteiger partial charge in [-0.2, -0.15) is 5.21 Å². The van der Waals surface area contributed by atoms with E-state index in [2.05, 4.69) is 25.3 Å². The second-order valence-electron chi connectivity index (χ2n) is 4.03. The molecule has 1 heterocycles. The lowest BCUT2D eigenvalue weighted by atomic mass is 10.2. The van der Waals surface area contributed by atoms with Gasteiger partial charge < -0.3 is 5.73 Å². The fraction of sp³-hybridized carbons (Fsp3) is 0.300. The Kier molecular flexibility index (Phi) is 4.06. The van der Waals surface area contributed by atoms with Gasteiger partial charge in [0.05, 0.1) is 10.9 Å². The van der Waals surface area contributed by atoms with E-state index < -0.39 is 21.9 Å². The number of hydrogen-bond donors (Lipinski definition) is 3. The van der Waals surface area contributed by atoms with E-state index in [0.717, 1.165) is 6.07 Å². The Morgan fingerprint density at radius 2 is 2.25 bits per heavy atom. The van der Waals surface area contributed by atoms with Crippen LogP contribution in [0.1, 0.15) is 24.4 Å². The topological polar surface area (TPSA) is 127 Å². The largest absolute Gasteiger partial charge is 0.326 e. The van der Waals surface area contributed by atoms with Crippen LogP contribution in [-0.2, 0) is 16.6 Å². The number of sulfonamides is 1. The molecule has 10 heteroatoms. The highest BCUT2D eigenvalue weighted by molar-refractivity contribution is 7.89. The lowest BCUT2D eigenvalue weighted by molar-refractivity contribution is 0.553.